The van der Waals surface area contributed by atoms with E-state index in [1.807, 2.05) is 42.8 Å². The number of hydrogen-bond donors (Lipinski definition) is 0. The molecule has 0 spiro atoms. The average Bonchev–Trinajstić information content (AvgIpc) is 3.18. The van der Waals surface area contributed by atoms with Crippen molar-refractivity contribution in [3.8, 4) is 0 Å². The first-order valence-corrected chi connectivity index (χ1v) is 8.52. The lowest BCUT2D eigenvalue weighted by Gasteiger charge is -2.40. The Balaban J connectivity index is 1.86. The maximum Gasteiger partial charge on any atom is 0.259 e. The zero-order chi connectivity index (χ0) is 17.3. The molecule has 1 aliphatic rings. The van der Waals surface area contributed by atoms with E-state index in [-0.39, 0.29) is 11.9 Å². The average molecular weight is 331 g/mol. The Morgan fingerprint density at radius 1 is 1.38 bits per heavy atom. The normalized spacial score (nSPS) is 19.0. The van der Waals surface area contributed by atoms with Crippen LogP contribution in [0.1, 0.15) is 47.5 Å². The van der Waals surface area contributed by atoms with Gasteiger partial charge in [0.15, 0.2) is 0 Å². The molecule has 1 fully saturated rings. The van der Waals surface area contributed by atoms with Gasteiger partial charge in [-0.1, -0.05) is 19.0 Å². The smallest absolute Gasteiger partial charge is 0.259 e. The van der Waals surface area contributed by atoms with Crippen LogP contribution in [0, 0.1) is 6.92 Å². The number of rotatable bonds is 4. The van der Waals surface area contributed by atoms with Crippen LogP contribution in [0.3, 0.4) is 0 Å². The third kappa shape index (κ3) is 2.84. The summed E-state index contributed by atoms with van der Waals surface area (Å²) < 4.78 is 7.32. The molecule has 7 heteroatoms. The van der Waals surface area contributed by atoms with Crippen LogP contribution < -0.4 is 0 Å². The van der Waals surface area contributed by atoms with E-state index in [9.17, 15) is 4.79 Å². The molecule has 0 aliphatic carbocycles. The molecule has 2 aromatic rings. The van der Waals surface area contributed by atoms with Crippen molar-refractivity contribution in [2.24, 2.45) is 7.05 Å². The summed E-state index contributed by atoms with van der Waals surface area (Å²) in [6.07, 6.45) is 4.42. The summed E-state index contributed by atoms with van der Waals surface area (Å²) >= 11 is 0. The Morgan fingerprint density at radius 2 is 2.17 bits per heavy atom. The van der Waals surface area contributed by atoms with E-state index in [0.29, 0.717) is 36.5 Å². The third-order valence-corrected chi connectivity index (χ3v) is 4.81. The molecule has 1 atom stereocenters. The zero-order valence-corrected chi connectivity index (χ0v) is 14.8. The Labute approximate surface area is 142 Å². The molecule has 130 valence electrons. The quantitative estimate of drug-likeness (QED) is 0.854. The summed E-state index contributed by atoms with van der Waals surface area (Å²) in [5.74, 6) is 1.68. The Morgan fingerprint density at radius 3 is 2.79 bits per heavy atom. The number of nitrogens with zero attached hydrogens (tertiary/aromatic N) is 5. The van der Waals surface area contributed by atoms with Gasteiger partial charge in [0.25, 0.3) is 5.91 Å². The van der Waals surface area contributed by atoms with Gasteiger partial charge in [-0.05, 0) is 13.5 Å². The molecular weight excluding hydrogens is 306 g/mol. The highest BCUT2D eigenvalue weighted by Gasteiger charge is 2.34. The molecule has 0 aromatic carbocycles. The summed E-state index contributed by atoms with van der Waals surface area (Å²) in [7, 11) is 2.00. The predicted molar refractivity (Wildman–Crippen MR) is 89.7 cm³/mol. The van der Waals surface area contributed by atoms with Gasteiger partial charge in [0, 0.05) is 45.5 Å². The second kappa shape index (κ2) is 6.76. The highest BCUT2D eigenvalue weighted by molar-refractivity contribution is 5.96. The third-order valence-electron chi connectivity index (χ3n) is 4.81. The first-order valence-electron chi connectivity index (χ1n) is 8.52. The summed E-state index contributed by atoms with van der Waals surface area (Å²) in [6, 6.07) is 0.109. The van der Waals surface area contributed by atoms with Crippen LogP contribution >= 0.6 is 0 Å². The number of carbonyl (C=O) groups excluding carboxylic acids is 1. The molecule has 0 N–H and O–H groups in total. The molecular formula is C17H25N5O2. The largest absolute Gasteiger partial charge is 0.360 e. The topological polar surface area (TPSA) is 67.4 Å². The maximum atomic E-state index is 13.0. The number of carbonyl (C=O) groups is 1. The molecule has 7 nitrogen and oxygen atoms in total. The summed E-state index contributed by atoms with van der Waals surface area (Å²) in [4.78, 5) is 21.8. The molecule has 1 saturated heterocycles. The zero-order valence-electron chi connectivity index (χ0n) is 14.8. The van der Waals surface area contributed by atoms with Crippen LogP contribution in [0.2, 0.25) is 0 Å². The van der Waals surface area contributed by atoms with Crippen LogP contribution in [-0.2, 0) is 13.5 Å². The van der Waals surface area contributed by atoms with Gasteiger partial charge in [-0.25, -0.2) is 4.98 Å². The molecule has 1 aliphatic heterocycles. The van der Waals surface area contributed by atoms with Crippen LogP contribution in [0.5, 0.6) is 0 Å². The fourth-order valence-electron chi connectivity index (χ4n) is 3.42. The number of amides is 1. The van der Waals surface area contributed by atoms with E-state index in [4.69, 9.17) is 4.52 Å². The molecule has 2 aromatic heterocycles. The fraction of sp³-hybridized carbons (Fsp3) is 0.588. The van der Waals surface area contributed by atoms with Gasteiger partial charge < -0.3 is 14.0 Å². The summed E-state index contributed by atoms with van der Waals surface area (Å²) in [5.41, 5.74) is 1.30. The number of piperazine rings is 1. The fourth-order valence-corrected chi connectivity index (χ4v) is 3.42. The van der Waals surface area contributed by atoms with Crippen molar-refractivity contribution < 1.29 is 9.32 Å². The van der Waals surface area contributed by atoms with E-state index in [2.05, 4.69) is 22.0 Å². The van der Waals surface area contributed by atoms with E-state index in [1.165, 1.54) is 0 Å². The minimum Gasteiger partial charge on any atom is -0.360 e. The summed E-state index contributed by atoms with van der Waals surface area (Å²) in [5, 5.41) is 3.97. The van der Waals surface area contributed by atoms with Crippen LogP contribution in [0.25, 0.3) is 0 Å². The number of hydrogen-bond acceptors (Lipinski definition) is 5. The van der Waals surface area contributed by atoms with Crippen LogP contribution in [0.15, 0.2) is 16.9 Å². The minimum absolute atomic E-state index is 0.0144. The minimum atomic E-state index is 0.0144. The Kier molecular flexibility index (Phi) is 4.71. The van der Waals surface area contributed by atoms with E-state index in [1.54, 1.807) is 0 Å². The van der Waals surface area contributed by atoms with Gasteiger partial charge in [0.2, 0.25) is 0 Å². The molecule has 0 radical (unpaired) electrons. The Bertz CT molecular complexity index is 720. The number of aryl methyl sites for hydroxylation is 3. The lowest BCUT2D eigenvalue weighted by molar-refractivity contribution is 0.0470. The van der Waals surface area contributed by atoms with Gasteiger partial charge >= 0.3 is 0 Å². The molecule has 3 heterocycles. The highest BCUT2D eigenvalue weighted by Crippen LogP contribution is 2.26. The maximum absolute atomic E-state index is 13.0. The molecule has 3 rings (SSSR count). The summed E-state index contributed by atoms with van der Waals surface area (Å²) in [6.45, 7) is 9.06. The first kappa shape index (κ1) is 16.7. The van der Waals surface area contributed by atoms with Gasteiger partial charge in [-0.15, -0.1) is 0 Å². The molecule has 1 unspecified atom stereocenters. The first-order chi connectivity index (χ1) is 11.6. The standard InChI is InChI=1S/C17H25N5O2/c1-5-14-15(12(3)19-24-14)17(23)22-10-9-21(6-2)13(11-22)16-18-7-8-20(16)4/h7-8,13H,5-6,9-11H2,1-4H3. The predicted octanol–water partition coefficient (Wildman–Crippen LogP) is 1.80. The molecule has 1 amide bonds. The lowest BCUT2D eigenvalue weighted by Crippen LogP contribution is -2.51. The molecule has 0 bridgehead atoms. The van der Waals surface area contributed by atoms with Crippen molar-refractivity contribution in [3.05, 3.63) is 35.2 Å². The lowest BCUT2D eigenvalue weighted by atomic mass is 10.1. The highest BCUT2D eigenvalue weighted by atomic mass is 16.5. The second-order valence-electron chi connectivity index (χ2n) is 6.21. The van der Waals surface area contributed by atoms with E-state index in [0.717, 1.165) is 18.9 Å². The number of imidazole rings is 1. The van der Waals surface area contributed by atoms with Crippen molar-refractivity contribution in [1.82, 2.24) is 24.5 Å². The number of aromatic nitrogens is 3. The van der Waals surface area contributed by atoms with Crippen molar-refractivity contribution in [3.63, 3.8) is 0 Å². The molecule has 0 saturated carbocycles. The van der Waals surface area contributed by atoms with Gasteiger partial charge in [-0.3, -0.25) is 9.69 Å². The van der Waals surface area contributed by atoms with Crippen molar-refractivity contribution >= 4 is 5.91 Å². The van der Waals surface area contributed by atoms with E-state index < -0.39 is 0 Å². The monoisotopic (exact) mass is 331 g/mol. The van der Waals surface area contributed by atoms with Crippen molar-refractivity contribution in [1.29, 1.82) is 0 Å². The van der Waals surface area contributed by atoms with Crippen LogP contribution in [0.4, 0.5) is 0 Å². The molecule has 24 heavy (non-hydrogen) atoms. The van der Waals surface area contributed by atoms with Gasteiger partial charge in [0.05, 0.1) is 11.7 Å². The van der Waals surface area contributed by atoms with Gasteiger partial charge in [-0.2, -0.15) is 0 Å². The second-order valence-corrected chi connectivity index (χ2v) is 6.21. The van der Waals surface area contributed by atoms with E-state index >= 15 is 0 Å². The van der Waals surface area contributed by atoms with Crippen LogP contribution in [-0.4, -0.2) is 56.6 Å². The van der Waals surface area contributed by atoms with Gasteiger partial charge in [0.1, 0.15) is 17.1 Å². The SMILES string of the molecule is CCc1onc(C)c1C(=O)N1CCN(CC)C(c2nccn2C)C1. The van der Waals surface area contributed by atoms with Crippen molar-refractivity contribution in [2.75, 3.05) is 26.2 Å². The van der Waals surface area contributed by atoms with Crippen molar-refractivity contribution in [2.45, 2.75) is 33.2 Å². The Hall–Kier alpha value is -2.15. The number of likely N-dealkylation sites (N-methyl/N-ethyl adjacent to an activating group) is 1.